The highest BCUT2D eigenvalue weighted by Gasteiger charge is 2.23. The Morgan fingerprint density at radius 1 is 1.24 bits per heavy atom. The van der Waals surface area contributed by atoms with Crippen LogP contribution in [0.15, 0.2) is 30.6 Å². The van der Waals surface area contributed by atoms with Crippen LogP contribution in [0.4, 0.5) is 10.6 Å². The Kier molecular flexibility index (Phi) is 5.80. The molecule has 1 fully saturated rings. The van der Waals surface area contributed by atoms with E-state index in [2.05, 4.69) is 26.3 Å². The van der Waals surface area contributed by atoms with Crippen LogP contribution in [-0.4, -0.2) is 52.7 Å². The maximum Gasteiger partial charge on any atom is 0.323 e. The molecule has 29 heavy (non-hydrogen) atoms. The number of hydrogen-bond acceptors (Lipinski definition) is 4. The van der Waals surface area contributed by atoms with Gasteiger partial charge in [-0.1, -0.05) is 0 Å². The van der Waals surface area contributed by atoms with Gasteiger partial charge in [0.1, 0.15) is 5.82 Å². The molecular formula is C21H27N5O3. The van der Waals surface area contributed by atoms with E-state index >= 15 is 0 Å². The summed E-state index contributed by atoms with van der Waals surface area (Å²) in [6.07, 6.45) is 6.32. The van der Waals surface area contributed by atoms with Crippen molar-refractivity contribution in [3.63, 3.8) is 0 Å². The largest absolute Gasteiger partial charge is 0.381 e. The number of nitrogens with one attached hydrogen (secondary N) is 2. The molecule has 0 unspecified atom stereocenters. The minimum Gasteiger partial charge on any atom is -0.381 e. The van der Waals surface area contributed by atoms with E-state index in [4.69, 9.17) is 4.74 Å². The minimum atomic E-state index is -0.177. The van der Waals surface area contributed by atoms with Crippen LogP contribution in [0.2, 0.25) is 0 Å². The van der Waals surface area contributed by atoms with E-state index in [9.17, 15) is 9.59 Å². The second-order valence-corrected chi connectivity index (χ2v) is 7.70. The third-order valence-electron chi connectivity index (χ3n) is 5.72. The summed E-state index contributed by atoms with van der Waals surface area (Å²) in [7, 11) is 2.03. The van der Waals surface area contributed by atoms with Crippen LogP contribution in [0.1, 0.15) is 34.5 Å². The van der Waals surface area contributed by atoms with Crippen molar-refractivity contribution in [2.75, 3.05) is 31.6 Å². The van der Waals surface area contributed by atoms with E-state index in [0.29, 0.717) is 36.9 Å². The number of rotatable bonds is 4. The van der Waals surface area contributed by atoms with Crippen LogP contribution in [0, 0.1) is 5.92 Å². The number of amides is 3. The standard InChI is InChI=1S/C21H27N5O3/c1-25-8-4-17-14-26(9-5-18(17)25)21(28)24-19-3-2-16(13-22-19)20(27)23-12-15-6-10-29-11-7-15/h2-4,8,13,15H,5-7,9-12,14H2,1H3,(H,23,27)(H,22,24,28). The molecule has 2 aliphatic rings. The Labute approximate surface area is 170 Å². The van der Waals surface area contributed by atoms with Crippen LogP contribution < -0.4 is 10.6 Å². The summed E-state index contributed by atoms with van der Waals surface area (Å²) >= 11 is 0. The highest BCUT2D eigenvalue weighted by molar-refractivity contribution is 5.94. The van der Waals surface area contributed by atoms with Crippen molar-refractivity contribution < 1.29 is 14.3 Å². The third kappa shape index (κ3) is 4.59. The molecule has 154 valence electrons. The van der Waals surface area contributed by atoms with Gasteiger partial charge < -0.3 is 19.5 Å². The summed E-state index contributed by atoms with van der Waals surface area (Å²) in [5.74, 6) is 0.762. The molecule has 2 aromatic heterocycles. The lowest BCUT2D eigenvalue weighted by molar-refractivity contribution is 0.0642. The molecule has 0 bridgehead atoms. The van der Waals surface area contributed by atoms with Gasteiger partial charge in [0.15, 0.2) is 0 Å². The second-order valence-electron chi connectivity index (χ2n) is 7.70. The van der Waals surface area contributed by atoms with Crippen molar-refractivity contribution in [2.45, 2.75) is 25.8 Å². The summed E-state index contributed by atoms with van der Waals surface area (Å²) in [5, 5.41) is 5.78. The maximum absolute atomic E-state index is 12.6. The van der Waals surface area contributed by atoms with Crippen LogP contribution >= 0.6 is 0 Å². The van der Waals surface area contributed by atoms with Gasteiger partial charge in [0, 0.05) is 64.4 Å². The summed E-state index contributed by atoms with van der Waals surface area (Å²) in [6, 6.07) is 5.23. The maximum atomic E-state index is 12.6. The first-order valence-electron chi connectivity index (χ1n) is 10.1. The zero-order valence-electron chi connectivity index (χ0n) is 16.7. The van der Waals surface area contributed by atoms with Crippen LogP contribution in [0.3, 0.4) is 0 Å². The SMILES string of the molecule is Cn1ccc2c1CCN(C(=O)Nc1ccc(C(=O)NCC3CCOCC3)cn1)C2. The van der Waals surface area contributed by atoms with Gasteiger partial charge in [0.05, 0.1) is 5.56 Å². The molecule has 8 heteroatoms. The summed E-state index contributed by atoms with van der Waals surface area (Å²) in [4.78, 5) is 30.9. The van der Waals surface area contributed by atoms with Crippen molar-refractivity contribution in [1.29, 1.82) is 0 Å². The Morgan fingerprint density at radius 2 is 2.07 bits per heavy atom. The van der Waals surface area contributed by atoms with Crippen LogP contribution in [0.25, 0.3) is 0 Å². The van der Waals surface area contributed by atoms with Crippen molar-refractivity contribution >= 4 is 17.8 Å². The molecule has 3 amide bonds. The lowest BCUT2D eigenvalue weighted by Crippen LogP contribution is -2.39. The normalized spacial score (nSPS) is 16.9. The first-order valence-corrected chi connectivity index (χ1v) is 10.1. The molecule has 8 nitrogen and oxygen atoms in total. The molecule has 0 aromatic carbocycles. The number of ether oxygens (including phenoxy) is 1. The fourth-order valence-corrected chi connectivity index (χ4v) is 3.87. The predicted octanol–water partition coefficient (Wildman–Crippen LogP) is 2.17. The second kappa shape index (κ2) is 8.65. The Hall–Kier alpha value is -2.87. The number of aromatic nitrogens is 2. The van der Waals surface area contributed by atoms with Gasteiger partial charge in [-0.05, 0) is 42.5 Å². The number of carbonyl (C=O) groups excluding carboxylic acids is 2. The smallest absolute Gasteiger partial charge is 0.323 e. The molecule has 4 rings (SSSR count). The number of anilines is 1. The predicted molar refractivity (Wildman–Crippen MR) is 109 cm³/mol. The lowest BCUT2D eigenvalue weighted by atomic mass is 10.0. The lowest BCUT2D eigenvalue weighted by Gasteiger charge is -2.27. The number of hydrogen-bond donors (Lipinski definition) is 2. The monoisotopic (exact) mass is 397 g/mol. The van der Waals surface area contributed by atoms with E-state index in [1.165, 1.54) is 17.5 Å². The van der Waals surface area contributed by atoms with Crippen LogP contribution in [-0.2, 0) is 24.8 Å². The van der Waals surface area contributed by atoms with E-state index in [1.54, 1.807) is 17.0 Å². The van der Waals surface area contributed by atoms with Gasteiger partial charge in [-0.15, -0.1) is 0 Å². The number of aryl methyl sites for hydroxylation is 1. The molecule has 0 radical (unpaired) electrons. The quantitative estimate of drug-likeness (QED) is 0.828. The van der Waals surface area contributed by atoms with Gasteiger partial charge in [0.2, 0.25) is 0 Å². The zero-order chi connectivity index (χ0) is 20.2. The topological polar surface area (TPSA) is 88.5 Å². The molecule has 0 spiro atoms. The van der Waals surface area contributed by atoms with Crippen LogP contribution in [0.5, 0.6) is 0 Å². The molecule has 0 aliphatic carbocycles. The summed E-state index contributed by atoms with van der Waals surface area (Å²) in [5.41, 5.74) is 2.95. The molecule has 0 saturated carbocycles. The van der Waals surface area contributed by atoms with Gasteiger partial charge in [-0.2, -0.15) is 0 Å². The highest BCUT2D eigenvalue weighted by atomic mass is 16.5. The number of nitrogens with zero attached hydrogens (tertiary/aromatic N) is 3. The van der Waals surface area contributed by atoms with Gasteiger partial charge >= 0.3 is 6.03 Å². The van der Waals surface area contributed by atoms with E-state index < -0.39 is 0 Å². The fourth-order valence-electron chi connectivity index (χ4n) is 3.87. The average Bonchev–Trinajstić information content (AvgIpc) is 3.13. The van der Waals surface area contributed by atoms with Gasteiger partial charge in [0.25, 0.3) is 5.91 Å². The number of fused-ring (bicyclic) bond motifs is 1. The summed E-state index contributed by atoms with van der Waals surface area (Å²) in [6.45, 7) is 3.44. The number of carbonyl (C=O) groups is 2. The molecule has 2 aliphatic heterocycles. The highest BCUT2D eigenvalue weighted by Crippen LogP contribution is 2.20. The molecule has 1 saturated heterocycles. The van der Waals surface area contributed by atoms with E-state index in [0.717, 1.165) is 32.5 Å². The molecular weight excluding hydrogens is 370 g/mol. The first kappa shape index (κ1) is 19.4. The van der Waals surface area contributed by atoms with Gasteiger partial charge in [-0.25, -0.2) is 9.78 Å². The average molecular weight is 397 g/mol. The Bertz CT molecular complexity index is 871. The van der Waals surface area contributed by atoms with Crippen molar-refractivity contribution in [1.82, 2.24) is 19.8 Å². The zero-order valence-corrected chi connectivity index (χ0v) is 16.7. The van der Waals surface area contributed by atoms with Crippen molar-refractivity contribution in [3.05, 3.63) is 47.4 Å². The Balaban J connectivity index is 1.28. The number of urea groups is 1. The van der Waals surface area contributed by atoms with E-state index in [1.807, 2.05) is 13.2 Å². The van der Waals surface area contributed by atoms with E-state index in [-0.39, 0.29) is 11.9 Å². The Morgan fingerprint density at radius 3 is 2.83 bits per heavy atom. The molecule has 2 aromatic rings. The molecule has 0 atom stereocenters. The first-order chi connectivity index (χ1) is 14.1. The molecule has 4 heterocycles. The summed E-state index contributed by atoms with van der Waals surface area (Å²) < 4.78 is 7.45. The third-order valence-corrected chi connectivity index (χ3v) is 5.72. The fraction of sp³-hybridized carbons (Fsp3) is 0.476. The van der Waals surface area contributed by atoms with Crippen molar-refractivity contribution in [3.8, 4) is 0 Å². The number of pyridine rings is 1. The van der Waals surface area contributed by atoms with Gasteiger partial charge in [-0.3, -0.25) is 10.1 Å². The molecule has 2 N–H and O–H groups in total. The minimum absolute atomic E-state index is 0.144. The van der Waals surface area contributed by atoms with Crippen molar-refractivity contribution in [2.24, 2.45) is 13.0 Å².